The molecular formula is C11H12BrNO5S. The van der Waals surface area contributed by atoms with Crippen molar-refractivity contribution in [2.45, 2.75) is 4.90 Å². The minimum absolute atomic E-state index is 0.0350. The van der Waals surface area contributed by atoms with Gasteiger partial charge in [-0.2, -0.15) is 4.31 Å². The number of aromatic carboxylic acids is 1. The molecule has 0 saturated carbocycles. The van der Waals surface area contributed by atoms with Crippen LogP contribution in [0.5, 0.6) is 0 Å². The Morgan fingerprint density at radius 3 is 2.47 bits per heavy atom. The molecule has 1 aromatic rings. The number of hydrogen-bond donors (Lipinski definition) is 1. The highest BCUT2D eigenvalue weighted by Gasteiger charge is 2.28. The van der Waals surface area contributed by atoms with E-state index in [2.05, 4.69) is 15.9 Å². The van der Waals surface area contributed by atoms with Crippen molar-refractivity contribution in [2.75, 3.05) is 26.3 Å². The smallest absolute Gasteiger partial charge is 0.335 e. The molecule has 0 unspecified atom stereocenters. The summed E-state index contributed by atoms with van der Waals surface area (Å²) in [6.45, 7) is 1.33. The van der Waals surface area contributed by atoms with Gasteiger partial charge in [0.15, 0.2) is 0 Å². The third kappa shape index (κ3) is 2.97. The lowest BCUT2D eigenvalue weighted by atomic mass is 10.2. The minimum atomic E-state index is -3.62. The van der Waals surface area contributed by atoms with Crippen molar-refractivity contribution < 1.29 is 23.1 Å². The second kappa shape index (κ2) is 5.58. The maximum Gasteiger partial charge on any atom is 0.335 e. The second-order valence-electron chi connectivity index (χ2n) is 3.97. The van der Waals surface area contributed by atoms with E-state index >= 15 is 0 Å². The largest absolute Gasteiger partial charge is 0.478 e. The minimum Gasteiger partial charge on any atom is -0.478 e. The van der Waals surface area contributed by atoms with Gasteiger partial charge in [-0.1, -0.05) is 0 Å². The Morgan fingerprint density at radius 2 is 1.95 bits per heavy atom. The highest BCUT2D eigenvalue weighted by Crippen LogP contribution is 2.26. The highest BCUT2D eigenvalue weighted by molar-refractivity contribution is 9.10. The number of carboxylic acid groups (broad SMARTS) is 1. The van der Waals surface area contributed by atoms with Gasteiger partial charge in [0, 0.05) is 17.6 Å². The Bertz CT molecular complexity index is 595. The van der Waals surface area contributed by atoms with Crippen LogP contribution in [0.1, 0.15) is 10.4 Å². The van der Waals surface area contributed by atoms with Gasteiger partial charge in [0.05, 0.1) is 23.7 Å². The summed E-state index contributed by atoms with van der Waals surface area (Å²) in [4.78, 5) is 10.9. The first-order valence-electron chi connectivity index (χ1n) is 5.53. The summed E-state index contributed by atoms with van der Waals surface area (Å²) in [6.07, 6.45) is 0. The topological polar surface area (TPSA) is 83.9 Å². The molecule has 19 heavy (non-hydrogen) atoms. The fraction of sp³-hybridized carbons (Fsp3) is 0.364. The zero-order chi connectivity index (χ0) is 14.0. The van der Waals surface area contributed by atoms with E-state index in [1.54, 1.807) is 0 Å². The van der Waals surface area contributed by atoms with Gasteiger partial charge in [0.1, 0.15) is 0 Å². The zero-order valence-corrected chi connectivity index (χ0v) is 12.3. The number of nitrogens with zero attached hydrogens (tertiary/aromatic N) is 1. The van der Waals surface area contributed by atoms with E-state index in [0.29, 0.717) is 26.3 Å². The van der Waals surface area contributed by atoms with Crippen LogP contribution in [0.3, 0.4) is 0 Å². The van der Waals surface area contributed by atoms with E-state index in [-0.39, 0.29) is 14.9 Å². The monoisotopic (exact) mass is 349 g/mol. The van der Waals surface area contributed by atoms with E-state index in [1.807, 2.05) is 0 Å². The third-order valence-electron chi connectivity index (χ3n) is 2.77. The Labute approximate surface area is 119 Å². The molecule has 0 aromatic heterocycles. The molecule has 1 aromatic carbocycles. The fourth-order valence-corrected chi connectivity index (χ4v) is 4.21. The van der Waals surface area contributed by atoms with Crippen molar-refractivity contribution in [2.24, 2.45) is 0 Å². The molecule has 0 radical (unpaired) electrons. The van der Waals surface area contributed by atoms with Gasteiger partial charge < -0.3 is 9.84 Å². The lowest BCUT2D eigenvalue weighted by Gasteiger charge is -2.26. The summed E-state index contributed by atoms with van der Waals surface area (Å²) in [5.74, 6) is -1.10. The molecule has 1 aliphatic heterocycles. The first kappa shape index (κ1) is 14.4. The number of ether oxygens (including phenoxy) is 1. The van der Waals surface area contributed by atoms with Gasteiger partial charge >= 0.3 is 5.97 Å². The summed E-state index contributed by atoms with van der Waals surface area (Å²) < 4.78 is 31.5. The molecule has 1 aliphatic rings. The van der Waals surface area contributed by atoms with E-state index < -0.39 is 16.0 Å². The molecule has 0 amide bonds. The van der Waals surface area contributed by atoms with Crippen molar-refractivity contribution in [3.8, 4) is 0 Å². The van der Waals surface area contributed by atoms with E-state index in [4.69, 9.17) is 9.84 Å². The molecule has 0 spiro atoms. The average molecular weight is 350 g/mol. The van der Waals surface area contributed by atoms with Crippen LogP contribution in [-0.2, 0) is 14.8 Å². The van der Waals surface area contributed by atoms with Gasteiger partial charge in [0.25, 0.3) is 0 Å². The molecule has 0 aliphatic carbocycles. The van der Waals surface area contributed by atoms with Crippen molar-refractivity contribution in [1.82, 2.24) is 4.31 Å². The fourth-order valence-electron chi connectivity index (χ4n) is 1.77. The SMILES string of the molecule is O=C(O)c1ccc(S(=O)(=O)N2CCOCC2)c(Br)c1. The van der Waals surface area contributed by atoms with E-state index in [9.17, 15) is 13.2 Å². The number of benzene rings is 1. The Kier molecular flexibility index (Phi) is 4.24. The van der Waals surface area contributed by atoms with Crippen LogP contribution in [-0.4, -0.2) is 50.1 Å². The molecule has 8 heteroatoms. The van der Waals surface area contributed by atoms with Crippen LogP contribution in [0.25, 0.3) is 0 Å². The van der Waals surface area contributed by atoms with Gasteiger partial charge in [-0.15, -0.1) is 0 Å². The molecule has 1 heterocycles. The normalized spacial score (nSPS) is 17.3. The first-order valence-corrected chi connectivity index (χ1v) is 7.77. The number of carboxylic acids is 1. The Hall–Kier alpha value is -0.960. The molecular weight excluding hydrogens is 338 g/mol. The number of sulfonamides is 1. The number of carbonyl (C=O) groups is 1. The van der Waals surface area contributed by atoms with Crippen molar-refractivity contribution in [3.63, 3.8) is 0 Å². The van der Waals surface area contributed by atoms with Gasteiger partial charge in [-0.25, -0.2) is 13.2 Å². The Morgan fingerprint density at radius 1 is 1.32 bits per heavy atom. The molecule has 6 nitrogen and oxygen atoms in total. The molecule has 1 fully saturated rings. The maximum atomic E-state index is 12.4. The average Bonchev–Trinajstić information content (AvgIpc) is 2.39. The second-order valence-corrected chi connectivity index (χ2v) is 6.73. The van der Waals surface area contributed by atoms with Crippen LogP contribution < -0.4 is 0 Å². The molecule has 0 bridgehead atoms. The molecule has 0 atom stereocenters. The predicted molar refractivity (Wildman–Crippen MR) is 70.7 cm³/mol. The third-order valence-corrected chi connectivity index (χ3v) is 5.64. The summed E-state index contributed by atoms with van der Waals surface area (Å²) >= 11 is 3.12. The summed E-state index contributed by atoms with van der Waals surface area (Å²) in [7, 11) is -3.62. The van der Waals surface area contributed by atoms with Crippen molar-refractivity contribution >= 4 is 31.9 Å². The number of halogens is 1. The van der Waals surface area contributed by atoms with E-state index in [1.165, 1.54) is 22.5 Å². The number of morpholine rings is 1. The predicted octanol–water partition coefficient (Wildman–Crippen LogP) is 1.17. The van der Waals surface area contributed by atoms with Crippen LogP contribution in [0.2, 0.25) is 0 Å². The Balaban J connectivity index is 2.37. The highest BCUT2D eigenvalue weighted by atomic mass is 79.9. The number of rotatable bonds is 3. The lowest BCUT2D eigenvalue weighted by Crippen LogP contribution is -2.40. The van der Waals surface area contributed by atoms with Gasteiger partial charge in [-0.05, 0) is 34.1 Å². The number of hydrogen-bond acceptors (Lipinski definition) is 4. The molecule has 1 N–H and O–H groups in total. The van der Waals surface area contributed by atoms with Gasteiger partial charge in [0.2, 0.25) is 10.0 Å². The van der Waals surface area contributed by atoms with Crippen LogP contribution in [0.4, 0.5) is 0 Å². The molecule has 2 rings (SSSR count). The van der Waals surface area contributed by atoms with Crippen molar-refractivity contribution in [1.29, 1.82) is 0 Å². The maximum absolute atomic E-state index is 12.4. The first-order chi connectivity index (χ1) is 8.93. The standard InChI is InChI=1S/C11H12BrNO5S/c12-9-7-8(11(14)15)1-2-10(9)19(16,17)13-3-5-18-6-4-13/h1-2,7H,3-6H2,(H,14,15). The van der Waals surface area contributed by atoms with Crippen LogP contribution in [0, 0.1) is 0 Å². The zero-order valence-electron chi connectivity index (χ0n) is 9.87. The van der Waals surface area contributed by atoms with E-state index in [0.717, 1.165) is 0 Å². The van der Waals surface area contributed by atoms with Crippen LogP contribution >= 0.6 is 15.9 Å². The lowest BCUT2D eigenvalue weighted by molar-refractivity contribution is 0.0696. The van der Waals surface area contributed by atoms with Gasteiger partial charge in [-0.3, -0.25) is 0 Å². The summed E-state index contributed by atoms with van der Waals surface area (Å²) in [6, 6.07) is 3.87. The summed E-state index contributed by atoms with van der Waals surface area (Å²) in [5, 5.41) is 8.85. The quantitative estimate of drug-likeness (QED) is 0.885. The summed E-state index contributed by atoms with van der Waals surface area (Å²) in [5.41, 5.74) is 0.0350. The molecule has 1 saturated heterocycles. The molecule has 104 valence electrons. The van der Waals surface area contributed by atoms with Crippen molar-refractivity contribution in [3.05, 3.63) is 28.2 Å². The van der Waals surface area contributed by atoms with Crippen LogP contribution in [0.15, 0.2) is 27.6 Å².